The van der Waals surface area contributed by atoms with Crippen molar-refractivity contribution >= 4 is 18.2 Å². The Morgan fingerprint density at radius 1 is 1.29 bits per heavy atom. The predicted octanol–water partition coefficient (Wildman–Crippen LogP) is 2.71. The van der Waals surface area contributed by atoms with Gasteiger partial charge in [-0.15, -0.1) is 12.4 Å². The van der Waals surface area contributed by atoms with Gasteiger partial charge in [-0.2, -0.15) is 0 Å². The molecule has 1 heterocycles. The summed E-state index contributed by atoms with van der Waals surface area (Å²) in [4.78, 5) is 11.9. The maximum atomic E-state index is 13.4. The lowest BCUT2D eigenvalue weighted by Gasteiger charge is -2.22. The third kappa shape index (κ3) is 3.23. The molecule has 2 nitrogen and oxygen atoms in total. The van der Waals surface area contributed by atoms with Crippen LogP contribution in [0.1, 0.15) is 29.6 Å². The first-order chi connectivity index (χ1) is 7.68. The Bertz CT molecular complexity index is 405. The molecule has 0 amide bonds. The third-order valence-corrected chi connectivity index (χ3v) is 2.82. The Labute approximate surface area is 105 Å². The van der Waals surface area contributed by atoms with E-state index in [2.05, 4.69) is 5.32 Å². The first kappa shape index (κ1) is 14.1. The van der Waals surface area contributed by atoms with Gasteiger partial charge >= 0.3 is 0 Å². The van der Waals surface area contributed by atoms with Crippen LogP contribution >= 0.6 is 12.4 Å². The molecular formula is C12H14ClF2NO. The van der Waals surface area contributed by atoms with Gasteiger partial charge < -0.3 is 5.32 Å². The first-order valence-electron chi connectivity index (χ1n) is 5.41. The molecule has 0 radical (unpaired) electrons. The summed E-state index contributed by atoms with van der Waals surface area (Å²) in [6.45, 7) is 0.777. The van der Waals surface area contributed by atoms with Crippen molar-refractivity contribution in [3.8, 4) is 0 Å². The predicted molar refractivity (Wildman–Crippen MR) is 63.6 cm³/mol. The van der Waals surface area contributed by atoms with Crippen LogP contribution in [-0.2, 0) is 0 Å². The lowest BCUT2D eigenvalue weighted by molar-refractivity contribution is 0.0923. The summed E-state index contributed by atoms with van der Waals surface area (Å²) in [5.41, 5.74) is -0.0270. The second-order valence-electron chi connectivity index (χ2n) is 3.99. The molecule has 0 bridgehead atoms. The number of carbonyl (C=O) groups excluding carboxylic acids is 1. The topological polar surface area (TPSA) is 29.1 Å². The molecule has 1 saturated heterocycles. The van der Waals surface area contributed by atoms with Crippen molar-refractivity contribution < 1.29 is 13.6 Å². The summed E-state index contributed by atoms with van der Waals surface area (Å²) in [7, 11) is 0. The number of halogens is 3. The highest BCUT2D eigenvalue weighted by Gasteiger charge is 2.24. The van der Waals surface area contributed by atoms with Crippen molar-refractivity contribution in [2.75, 3.05) is 6.54 Å². The molecule has 0 aliphatic carbocycles. The zero-order valence-electron chi connectivity index (χ0n) is 9.21. The number of rotatable bonds is 2. The smallest absolute Gasteiger partial charge is 0.182 e. The fraction of sp³-hybridized carbons (Fsp3) is 0.417. The van der Waals surface area contributed by atoms with E-state index in [0.717, 1.165) is 37.9 Å². The van der Waals surface area contributed by atoms with Crippen LogP contribution in [-0.4, -0.2) is 18.4 Å². The average molecular weight is 262 g/mol. The molecule has 17 heavy (non-hydrogen) atoms. The summed E-state index contributed by atoms with van der Waals surface area (Å²) in [5, 5.41) is 3.05. The Morgan fingerprint density at radius 3 is 2.65 bits per heavy atom. The number of benzene rings is 1. The molecule has 2 rings (SSSR count). The van der Waals surface area contributed by atoms with E-state index in [-0.39, 0.29) is 29.8 Å². The van der Waals surface area contributed by atoms with Gasteiger partial charge in [0.15, 0.2) is 5.78 Å². The number of hydrogen-bond donors (Lipinski definition) is 1. The van der Waals surface area contributed by atoms with E-state index in [1.807, 2.05) is 0 Å². The van der Waals surface area contributed by atoms with Crippen LogP contribution in [0.2, 0.25) is 0 Å². The molecule has 0 spiro atoms. The molecule has 0 saturated carbocycles. The van der Waals surface area contributed by atoms with Crippen LogP contribution in [0.25, 0.3) is 0 Å². The minimum atomic E-state index is -0.780. The minimum absolute atomic E-state index is 0. The van der Waals surface area contributed by atoms with Gasteiger partial charge in [0.25, 0.3) is 0 Å². The van der Waals surface area contributed by atoms with Crippen LogP contribution in [0, 0.1) is 11.6 Å². The van der Waals surface area contributed by atoms with Crippen molar-refractivity contribution in [1.29, 1.82) is 0 Å². The molecule has 1 N–H and O–H groups in total. The van der Waals surface area contributed by atoms with Crippen LogP contribution in [0.4, 0.5) is 8.78 Å². The zero-order valence-corrected chi connectivity index (χ0v) is 10.0. The van der Waals surface area contributed by atoms with E-state index >= 15 is 0 Å². The molecular weight excluding hydrogens is 248 g/mol. The summed E-state index contributed by atoms with van der Waals surface area (Å²) in [6, 6.07) is 2.74. The number of nitrogens with one attached hydrogen (secondary N) is 1. The lowest BCUT2D eigenvalue weighted by Crippen LogP contribution is -2.40. The normalized spacial score (nSPS) is 19.5. The molecule has 5 heteroatoms. The largest absolute Gasteiger partial charge is 0.307 e. The van der Waals surface area contributed by atoms with Crippen molar-refractivity contribution in [3.63, 3.8) is 0 Å². The highest BCUT2D eigenvalue weighted by molar-refractivity contribution is 6.00. The van der Waals surface area contributed by atoms with Crippen molar-refractivity contribution in [2.45, 2.75) is 25.3 Å². The second kappa shape index (κ2) is 6.07. The summed E-state index contributed by atoms with van der Waals surface area (Å²) >= 11 is 0. The van der Waals surface area contributed by atoms with Gasteiger partial charge in [0.2, 0.25) is 0 Å². The molecule has 1 unspecified atom stereocenters. The van der Waals surface area contributed by atoms with Crippen LogP contribution < -0.4 is 5.32 Å². The Hall–Kier alpha value is -1.00. The average Bonchev–Trinajstić information content (AvgIpc) is 2.29. The van der Waals surface area contributed by atoms with Gasteiger partial charge in [-0.05, 0) is 31.5 Å². The fourth-order valence-corrected chi connectivity index (χ4v) is 1.95. The van der Waals surface area contributed by atoms with Crippen molar-refractivity contribution in [1.82, 2.24) is 5.32 Å². The van der Waals surface area contributed by atoms with Gasteiger partial charge in [0.1, 0.15) is 11.6 Å². The van der Waals surface area contributed by atoms with Gasteiger partial charge in [-0.1, -0.05) is 6.42 Å². The highest BCUT2D eigenvalue weighted by Crippen LogP contribution is 2.16. The van der Waals surface area contributed by atoms with Crippen molar-refractivity contribution in [2.24, 2.45) is 0 Å². The molecule has 1 atom stereocenters. The molecule has 0 aromatic heterocycles. The van der Waals surface area contributed by atoms with E-state index in [4.69, 9.17) is 0 Å². The van der Waals surface area contributed by atoms with Gasteiger partial charge in [-0.3, -0.25) is 4.79 Å². The molecule has 1 aliphatic heterocycles. The summed E-state index contributed by atoms with van der Waals surface area (Å²) in [5.74, 6) is -1.72. The van der Waals surface area contributed by atoms with Gasteiger partial charge in [0, 0.05) is 6.07 Å². The Morgan fingerprint density at radius 2 is 2.06 bits per heavy atom. The fourth-order valence-electron chi connectivity index (χ4n) is 1.95. The lowest BCUT2D eigenvalue weighted by atomic mass is 9.96. The molecule has 1 aromatic rings. The van der Waals surface area contributed by atoms with E-state index < -0.39 is 11.6 Å². The molecule has 94 valence electrons. The molecule has 1 aromatic carbocycles. The number of Topliss-reactive ketones (excluding diaryl/α,β-unsaturated/α-hetero) is 1. The monoisotopic (exact) mass is 261 g/mol. The Kier molecular flexibility index (Phi) is 5.02. The van der Waals surface area contributed by atoms with E-state index in [0.29, 0.717) is 0 Å². The van der Waals surface area contributed by atoms with Gasteiger partial charge in [0.05, 0.1) is 11.6 Å². The van der Waals surface area contributed by atoms with E-state index in [1.54, 1.807) is 0 Å². The van der Waals surface area contributed by atoms with E-state index in [9.17, 15) is 13.6 Å². The summed E-state index contributed by atoms with van der Waals surface area (Å²) in [6.07, 6.45) is 2.72. The quantitative estimate of drug-likeness (QED) is 0.830. The SMILES string of the molecule is Cl.O=C(c1ccc(F)cc1F)C1CCCCN1. The minimum Gasteiger partial charge on any atom is -0.307 e. The molecule has 1 aliphatic rings. The van der Waals surface area contributed by atoms with Gasteiger partial charge in [-0.25, -0.2) is 8.78 Å². The Balaban J connectivity index is 0.00000144. The van der Waals surface area contributed by atoms with Crippen molar-refractivity contribution in [3.05, 3.63) is 35.4 Å². The number of piperidine rings is 1. The standard InChI is InChI=1S/C12H13F2NO.ClH/c13-8-4-5-9(10(14)7-8)12(16)11-3-1-2-6-15-11;/h4-5,7,11,15H,1-3,6H2;1H. The first-order valence-corrected chi connectivity index (χ1v) is 5.41. The highest BCUT2D eigenvalue weighted by atomic mass is 35.5. The van der Waals surface area contributed by atoms with Crippen LogP contribution in [0.5, 0.6) is 0 Å². The zero-order chi connectivity index (χ0) is 11.5. The summed E-state index contributed by atoms with van der Waals surface area (Å²) < 4.78 is 26.1. The number of carbonyl (C=O) groups is 1. The molecule has 1 fully saturated rings. The van der Waals surface area contributed by atoms with Crippen LogP contribution in [0.15, 0.2) is 18.2 Å². The van der Waals surface area contributed by atoms with Crippen LogP contribution in [0.3, 0.4) is 0 Å². The van der Waals surface area contributed by atoms with E-state index in [1.165, 1.54) is 6.07 Å². The third-order valence-electron chi connectivity index (χ3n) is 2.82. The maximum Gasteiger partial charge on any atom is 0.182 e. The maximum absolute atomic E-state index is 13.4. The number of hydrogen-bond acceptors (Lipinski definition) is 2. The number of ketones is 1. The second-order valence-corrected chi connectivity index (χ2v) is 3.99.